The molecule has 0 bridgehead atoms. The van der Waals surface area contributed by atoms with Gasteiger partial charge in [-0.1, -0.05) is 36.4 Å². The smallest absolute Gasteiger partial charge is 0.0478 e. The minimum absolute atomic E-state index is 0. The molecule has 0 radical (unpaired) electrons. The summed E-state index contributed by atoms with van der Waals surface area (Å²) >= 11 is 0. The van der Waals surface area contributed by atoms with Crippen LogP contribution in [0, 0.1) is 0 Å². The highest BCUT2D eigenvalue weighted by atomic mass is 35.5. The summed E-state index contributed by atoms with van der Waals surface area (Å²) in [5, 5.41) is 0. The summed E-state index contributed by atoms with van der Waals surface area (Å²) in [6, 6.07) is 9.87. The molecule has 0 unspecified atom stereocenters. The van der Waals surface area contributed by atoms with E-state index in [1.165, 1.54) is 0 Å². The van der Waals surface area contributed by atoms with Crippen molar-refractivity contribution in [2.75, 3.05) is 0 Å². The fraction of sp³-hybridized carbons (Fsp3) is 0.111. The van der Waals surface area contributed by atoms with Gasteiger partial charge in [0.25, 0.3) is 0 Å². The minimum Gasteiger partial charge on any atom is -0.321 e. The molecular formula is C9H13Cl2N. The van der Waals surface area contributed by atoms with Crippen molar-refractivity contribution in [2.24, 2.45) is 5.73 Å². The normalized spacial score (nSPS) is 10.4. The zero-order valence-electron chi connectivity index (χ0n) is 6.64. The van der Waals surface area contributed by atoms with Crippen LogP contribution in [-0.4, -0.2) is 0 Å². The zero-order chi connectivity index (χ0) is 7.40. The molecular weight excluding hydrogens is 193 g/mol. The molecule has 0 aromatic heterocycles. The average Bonchev–Trinajstić information content (AvgIpc) is 2.05. The molecule has 1 atom stereocenters. The lowest BCUT2D eigenvalue weighted by Crippen LogP contribution is -2.05. The lowest BCUT2D eigenvalue weighted by molar-refractivity contribution is 0.914. The number of rotatable bonds is 2. The molecule has 1 aromatic carbocycles. The second-order valence-corrected chi connectivity index (χ2v) is 2.17. The van der Waals surface area contributed by atoms with Crippen molar-refractivity contribution in [3.8, 4) is 0 Å². The maximum Gasteiger partial charge on any atom is 0.0478 e. The molecule has 68 valence electrons. The third kappa shape index (κ3) is 3.77. The molecule has 0 saturated carbocycles. The summed E-state index contributed by atoms with van der Waals surface area (Å²) in [4.78, 5) is 0. The molecule has 0 spiro atoms. The van der Waals surface area contributed by atoms with E-state index < -0.39 is 0 Å². The maximum atomic E-state index is 5.68. The van der Waals surface area contributed by atoms with E-state index in [0.717, 1.165) is 5.56 Å². The van der Waals surface area contributed by atoms with Crippen molar-refractivity contribution < 1.29 is 0 Å². The summed E-state index contributed by atoms with van der Waals surface area (Å²) < 4.78 is 0. The number of halogens is 2. The first kappa shape index (κ1) is 14.0. The van der Waals surface area contributed by atoms with Crippen LogP contribution in [0.1, 0.15) is 11.6 Å². The van der Waals surface area contributed by atoms with Crippen LogP contribution in [-0.2, 0) is 0 Å². The Morgan fingerprint density at radius 3 is 2.08 bits per heavy atom. The van der Waals surface area contributed by atoms with E-state index in [9.17, 15) is 0 Å². The molecule has 0 saturated heterocycles. The van der Waals surface area contributed by atoms with Gasteiger partial charge in [0.15, 0.2) is 0 Å². The molecule has 3 heteroatoms. The van der Waals surface area contributed by atoms with Gasteiger partial charge in [-0.15, -0.1) is 31.4 Å². The van der Waals surface area contributed by atoms with Gasteiger partial charge in [0, 0.05) is 6.04 Å². The first-order chi connectivity index (χ1) is 4.84. The first-order valence-corrected chi connectivity index (χ1v) is 3.27. The fourth-order valence-electron chi connectivity index (χ4n) is 0.811. The second kappa shape index (κ2) is 7.17. The summed E-state index contributed by atoms with van der Waals surface area (Å²) in [7, 11) is 0. The summed E-state index contributed by atoms with van der Waals surface area (Å²) in [5.74, 6) is 0. The third-order valence-electron chi connectivity index (χ3n) is 1.44. The quantitative estimate of drug-likeness (QED) is 0.739. The predicted octanol–water partition coefficient (Wildman–Crippen LogP) is 2.72. The van der Waals surface area contributed by atoms with E-state index in [2.05, 4.69) is 6.58 Å². The van der Waals surface area contributed by atoms with E-state index >= 15 is 0 Å². The Hall–Kier alpha value is -0.500. The molecule has 0 amide bonds. The van der Waals surface area contributed by atoms with Crippen LogP contribution in [0.4, 0.5) is 0 Å². The molecule has 1 rings (SSSR count). The van der Waals surface area contributed by atoms with E-state index in [-0.39, 0.29) is 30.9 Å². The Morgan fingerprint density at radius 2 is 1.67 bits per heavy atom. The highest BCUT2D eigenvalue weighted by Gasteiger charge is 1.96. The Morgan fingerprint density at radius 1 is 1.17 bits per heavy atom. The van der Waals surface area contributed by atoms with Crippen molar-refractivity contribution in [3.63, 3.8) is 0 Å². The molecule has 0 heterocycles. The van der Waals surface area contributed by atoms with E-state index in [0.29, 0.717) is 0 Å². The zero-order valence-corrected chi connectivity index (χ0v) is 8.28. The number of benzene rings is 1. The Balaban J connectivity index is 0. The predicted molar refractivity (Wildman–Crippen MR) is 58.1 cm³/mol. The Kier molecular flexibility index (Phi) is 8.39. The van der Waals surface area contributed by atoms with Crippen molar-refractivity contribution in [3.05, 3.63) is 48.6 Å². The van der Waals surface area contributed by atoms with Gasteiger partial charge in [-0.3, -0.25) is 0 Å². The van der Waals surface area contributed by atoms with Crippen molar-refractivity contribution in [1.82, 2.24) is 0 Å². The monoisotopic (exact) mass is 205 g/mol. The number of hydrogen-bond acceptors (Lipinski definition) is 1. The van der Waals surface area contributed by atoms with Gasteiger partial charge < -0.3 is 5.73 Å². The van der Waals surface area contributed by atoms with E-state index in [1.807, 2.05) is 30.3 Å². The molecule has 0 fully saturated rings. The summed E-state index contributed by atoms with van der Waals surface area (Å²) in [5.41, 5.74) is 6.79. The Bertz CT molecular complexity index is 211. The lowest BCUT2D eigenvalue weighted by Gasteiger charge is -2.03. The molecule has 0 aliphatic carbocycles. The van der Waals surface area contributed by atoms with Crippen molar-refractivity contribution in [1.29, 1.82) is 0 Å². The lowest BCUT2D eigenvalue weighted by atomic mass is 10.1. The van der Waals surface area contributed by atoms with Gasteiger partial charge >= 0.3 is 0 Å². The van der Waals surface area contributed by atoms with Crippen molar-refractivity contribution in [2.45, 2.75) is 6.04 Å². The van der Waals surface area contributed by atoms with Crippen LogP contribution >= 0.6 is 24.8 Å². The third-order valence-corrected chi connectivity index (χ3v) is 1.44. The van der Waals surface area contributed by atoms with Crippen LogP contribution in [0.5, 0.6) is 0 Å². The molecule has 1 nitrogen and oxygen atoms in total. The topological polar surface area (TPSA) is 26.0 Å². The summed E-state index contributed by atoms with van der Waals surface area (Å²) in [6.07, 6.45) is 1.73. The summed E-state index contributed by atoms with van der Waals surface area (Å²) in [6.45, 7) is 3.61. The van der Waals surface area contributed by atoms with Crippen LogP contribution in [0.25, 0.3) is 0 Å². The highest BCUT2D eigenvalue weighted by molar-refractivity contribution is 5.85. The highest BCUT2D eigenvalue weighted by Crippen LogP contribution is 2.08. The number of nitrogens with two attached hydrogens (primary N) is 1. The van der Waals surface area contributed by atoms with Gasteiger partial charge in [-0.05, 0) is 5.56 Å². The fourth-order valence-corrected chi connectivity index (χ4v) is 0.811. The minimum atomic E-state index is -0.0267. The van der Waals surface area contributed by atoms with Crippen LogP contribution in [0.2, 0.25) is 0 Å². The molecule has 1 aromatic rings. The first-order valence-electron chi connectivity index (χ1n) is 3.27. The van der Waals surface area contributed by atoms with Crippen LogP contribution < -0.4 is 5.73 Å². The molecule has 0 aliphatic heterocycles. The largest absolute Gasteiger partial charge is 0.321 e. The van der Waals surface area contributed by atoms with Gasteiger partial charge in [0.2, 0.25) is 0 Å². The number of hydrogen-bond donors (Lipinski definition) is 1. The Labute approximate surface area is 85.5 Å². The van der Waals surface area contributed by atoms with Gasteiger partial charge in [0.05, 0.1) is 0 Å². The SMILES string of the molecule is C=C[C@H](N)c1ccccc1.Cl.Cl. The maximum absolute atomic E-state index is 5.68. The van der Waals surface area contributed by atoms with Gasteiger partial charge in [-0.2, -0.15) is 0 Å². The molecule has 2 N–H and O–H groups in total. The van der Waals surface area contributed by atoms with E-state index in [4.69, 9.17) is 5.73 Å². The molecule has 0 aliphatic rings. The van der Waals surface area contributed by atoms with Gasteiger partial charge in [-0.25, -0.2) is 0 Å². The molecule has 12 heavy (non-hydrogen) atoms. The standard InChI is InChI=1S/C9H11N.2ClH/c1-2-9(10)8-6-4-3-5-7-8;;/h2-7,9H,1,10H2;2*1H/t9-;;/m0../s1. The average molecular weight is 206 g/mol. The van der Waals surface area contributed by atoms with Crippen LogP contribution in [0.15, 0.2) is 43.0 Å². The van der Waals surface area contributed by atoms with Crippen LogP contribution in [0.3, 0.4) is 0 Å². The van der Waals surface area contributed by atoms with Gasteiger partial charge in [0.1, 0.15) is 0 Å². The van der Waals surface area contributed by atoms with Crippen molar-refractivity contribution >= 4 is 24.8 Å². The van der Waals surface area contributed by atoms with E-state index in [1.54, 1.807) is 6.08 Å². The second-order valence-electron chi connectivity index (χ2n) is 2.17.